The van der Waals surface area contributed by atoms with Crippen molar-refractivity contribution in [1.82, 2.24) is 5.32 Å². The van der Waals surface area contributed by atoms with Gasteiger partial charge in [-0.25, -0.2) is 0 Å². The molecule has 0 aliphatic carbocycles. The van der Waals surface area contributed by atoms with Gasteiger partial charge in [0.2, 0.25) is 5.91 Å². The van der Waals surface area contributed by atoms with Gasteiger partial charge in [-0.1, -0.05) is 249 Å². The maximum Gasteiger partial charge on any atom is 0.220 e. The van der Waals surface area contributed by atoms with Crippen molar-refractivity contribution in [2.24, 2.45) is 0 Å². The van der Waals surface area contributed by atoms with Gasteiger partial charge in [0.15, 0.2) is 0 Å². The van der Waals surface area contributed by atoms with Crippen LogP contribution < -0.4 is 5.32 Å². The van der Waals surface area contributed by atoms with Crippen molar-refractivity contribution in [1.29, 1.82) is 0 Å². The molecule has 4 nitrogen and oxygen atoms in total. The lowest BCUT2D eigenvalue weighted by molar-refractivity contribution is -0.123. The number of hydrogen-bond acceptors (Lipinski definition) is 3. The molecule has 0 fully saturated rings. The van der Waals surface area contributed by atoms with Gasteiger partial charge in [0.1, 0.15) is 0 Å². The molecular formula is C55H103NO3. The molecular weight excluding hydrogens is 723 g/mol. The number of aliphatic hydroxyl groups is 2. The maximum atomic E-state index is 12.4. The first-order valence-electron chi connectivity index (χ1n) is 26.4. The van der Waals surface area contributed by atoms with E-state index in [4.69, 9.17) is 0 Å². The summed E-state index contributed by atoms with van der Waals surface area (Å²) in [6.45, 7) is 4.30. The summed E-state index contributed by atoms with van der Waals surface area (Å²) in [7, 11) is 0. The van der Waals surface area contributed by atoms with Gasteiger partial charge in [0.25, 0.3) is 0 Å². The van der Waals surface area contributed by atoms with E-state index in [1.54, 1.807) is 6.08 Å². The molecule has 0 bridgehead atoms. The van der Waals surface area contributed by atoms with Gasteiger partial charge in [0.05, 0.1) is 18.8 Å². The van der Waals surface area contributed by atoms with Crippen LogP contribution >= 0.6 is 0 Å². The molecule has 0 heterocycles. The number of amides is 1. The second kappa shape index (κ2) is 50.7. The molecule has 0 radical (unpaired) electrons. The fourth-order valence-corrected chi connectivity index (χ4v) is 7.97. The van der Waals surface area contributed by atoms with E-state index in [9.17, 15) is 15.0 Å². The summed E-state index contributed by atoms with van der Waals surface area (Å²) in [4.78, 5) is 12.4. The normalized spacial score (nSPS) is 13.2. The summed E-state index contributed by atoms with van der Waals surface area (Å²) in [6, 6.07) is -0.644. The summed E-state index contributed by atoms with van der Waals surface area (Å²) in [5.74, 6) is -0.0751. The van der Waals surface area contributed by atoms with E-state index in [2.05, 4.69) is 55.6 Å². The van der Waals surface area contributed by atoms with E-state index in [0.717, 1.165) is 38.5 Å². The molecule has 4 heteroatoms. The number of unbranched alkanes of at least 4 members (excludes halogenated alkanes) is 35. The monoisotopic (exact) mass is 826 g/mol. The van der Waals surface area contributed by atoms with Crippen molar-refractivity contribution >= 4 is 5.91 Å². The molecule has 0 aromatic carbocycles. The minimum absolute atomic E-state index is 0.0751. The Hall–Kier alpha value is -1.65. The van der Waals surface area contributed by atoms with E-state index in [1.807, 2.05) is 6.08 Å². The molecule has 0 aromatic heterocycles. The average molecular weight is 826 g/mol. The van der Waals surface area contributed by atoms with Gasteiger partial charge >= 0.3 is 0 Å². The minimum Gasteiger partial charge on any atom is -0.394 e. The lowest BCUT2D eigenvalue weighted by Gasteiger charge is -2.19. The molecule has 59 heavy (non-hydrogen) atoms. The predicted octanol–water partition coefficient (Wildman–Crippen LogP) is 17.1. The van der Waals surface area contributed by atoms with Gasteiger partial charge in [-0.15, -0.1) is 0 Å². The number of hydrogen-bond donors (Lipinski definition) is 3. The van der Waals surface area contributed by atoms with Crippen molar-refractivity contribution in [2.75, 3.05) is 6.61 Å². The Morgan fingerprint density at radius 2 is 0.661 bits per heavy atom. The zero-order chi connectivity index (χ0) is 42.8. The zero-order valence-electron chi connectivity index (χ0n) is 39.8. The highest BCUT2D eigenvalue weighted by atomic mass is 16.3. The largest absolute Gasteiger partial charge is 0.394 e. The number of aliphatic hydroxyl groups excluding tert-OH is 2. The third-order valence-corrected chi connectivity index (χ3v) is 12.0. The molecule has 0 rings (SSSR count). The Balaban J connectivity index is 3.49. The fourth-order valence-electron chi connectivity index (χ4n) is 7.97. The van der Waals surface area contributed by atoms with Crippen LogP contribution in [0.4, 0.5) is 0 Å². The number of carbonyl (C=O) groups is 1. The van der Waals surface area contributed by atoms with Crippen molar-refractivity contribution in [3.63, 3.8) is 0 Å². The molecule has 0 aliphatic heterocycles. The average Bonchev–Trinajstić information content (AvgIpc) is 3.24. The Labute approximate surface area is 369 Å². The van der Waals surface area contributed by atoms with Gasteiger partial charge in [-0.2, -0.15) is 0 Å². The fraction of sp³-hybridized carbons (Fsp3) is 0.836. The number of carbonyl (C=O) groups excluding carboxylic acids is 1. The molecule has 0 spiro atoms. The van der Waals surface area contributed by atoms with Crippen LogP contribution in [0.3, 0.4) is 0 Å². The molecule has 3 N–H and O–H groups in total. The second-order valence-corrected chi connectivity index (χ2v) is 17.9. The maximum absolute atomic E-state index is 12.4. The van der Waals surface area contributed by atoms with Crippen LogP contribution in [0.2, 0.25) is 0 Å². The number of nitrogens with one attached hydrogen (secondary N) is 1. The van der Waals surface area contributed by atoms with Gasteiger partial charge < -0.3 is 15.5 Å². The standard InChI is InChI=1S/C55H103NO3/c1-3-5-7-9-11-13-15-17-19-21-22-23-24-25-26-27-28-29-30-31-32-33-34-35-37-39-41-43-45-47-49-51-55(59)56-53(52-57)54(58)50-48-46-44-42-40-38-36-20-18-16-14-12-10-8-6-4-2/h18,20-22,40,42,48,50,53-54,57-58H,3-17,19,23-39,41,43-47,49,51-52H2,1-2H3,(H,56,59)/b20-18+,22-21-,42-40+,50-48+. The lowest BCUT2D eigenvalue weighted by Crippen LogP contribution is -2.45. The number of allylic oxidation sites excluding steroid dienone is 7. The van der Waals surface area contributed by atoms with Crippen LogP contribution in [0.25, 0.3) is 0 Å². The Kier molecular flexibility index (Phi) is 49.3. The van der Waals surface area contributed by atoms with E-state index < -0.39 is 12.1 Å². The third-order valence-electron chi connectivity index (χ3n) is 12.0. The number of rotatable bonds is 48. The molecule has 0 aliphatic rings. The highest BCUT2D eigenvalue weighted by Gasteiger charge is 2.17. The van der Waals surface area contributed by atoms with Gasteiger partial charge in [-0.05, 0) is 70.6 Å². The van der Waals surface area contributed by atoms with Gasteiger partial charge in [-0.3, -0.25) is 4.79 Å². The predicted molar refractivity (Wildman–Crippen MR) is 262 cm³/mol. The molecule has 2 unspecified atom stereocenters. The summed E-state index contributed by atoms with van der Waals surface area (Å²) < 4.78 is 0. The summed E-state index contributed by atoms with van der Waals surface area (Å²) in [5, 5.41) is 23.0. The van der Waals surface area contributed by atoms with Crippen LogP contribution in [0.5, 0.6) is 0 Å². The first kappa shape index (κ1) is 57.3. The van der Waals surface area contributed by atoms with Crippen LogP contribution in [0.1, 0.15) is 277 Å². The Morgan fingerprint density at radius 1 is 0.390 bits per heavy atom. The third kappa shape index (κ3) is 47.3. The van der Waals surface area contributed by atoms with Crippen molar-refractivity contribution in [3.8, 4) is 0 Å². The quantitative estimate of drug-likeness (QED) is 0.0423. The molecule has 346 valence electrons. The van der Waals surface area contributed by atoms with E-state index in [1.165, 1.54) is 218 Å². The SMILES string of the molecule is CCCCCCCC/C=C/CC/C=C/CC/C=C/C(O)C(CO)NC(=O)CCCCCCCCCCCCCCCCCCCCC/C=C\CCCCCCCCCC. The van der Waals surface area contributed by atoms with Crippen LogP contribution in [-0.4, -0.2) is 34.9 Å². The van der Waals surface area contributed by atoms with Crippen LogP contribution in [-0.2, 0) is 4.79 Å². The summed E-state index contributed by atoms with van der Waals surface area (Å²) in [5.41, 5.74) is 0. The molecule has 2 atom stereocenters. The highest BCUT2D eigenvalue weighted by molar-refractivity contribution is 5.76. The molecule has 1 amide bonds. The topological polar surface area (TPSA) is 69.6 Å². The Bertz CT molecular complexity index is 939. The summed E-state index contributed by atoms with van der Waals surface area (Å²) >= 11 is 0. The minimum atomic E-state index is -0.869. The van der Waals surface area contributed by atoms with E-state index in [0.29, 0.717) is 6.42 Å². The van der Waals surface area contributed by atoms with Crippen molar-refractivity contribution < 1.29 is 15.0 Å². The highest BCUT2D eigenvalue weighted by Crippen LogP contribution is 2.16. The van der Waals surface area contributed by atoms with Crippen LogP contribution in [0, 0.1) is 0 Å². The Morgan fingerprint density at radius 3 is 0.983 bits per heavy atom. The molecule has 0 saturated heterocycles. The summed E-state index contributed by atoms with van der Waals surface area (Å²) in [6.07, 6.45) is 69.8. The second-order valence-electron chi connectivity index (χ2n) is 17.9. The molecule has 0 saturated carbocycles. The zero-order valence-corrected chi connectivity index (χ0v) is 39.8. The first-order chi connectivity index (χ1) is 29.2. The van der Waals surface area contributed by atoms with Crippen molar-refractivity contribution in [3.05, 3.63) is 48.6 Å². The first-order valence-corrected chi connectivity index (χ1v) is 26.4. The smallest absolute Gasteiger partial charge is 0.220 e. The van der Waals surface area contributed by atoms with Gasteiger partial charge in [0, 0.05) is 6.42 Å². The van der Waals surface area contributed by atoms with Crippen LogP contribution in [0.15, 0.2) is 48.6 Å². The van der Waals surface area contributed by atoms with E-state index >= 15 is 0 Å². The lowest BCUT2D eigenvalue weighted by atomic mass is 10.0. The molecule has 0 aromatic rings. The van der Waals surface area contributed by atoms with Crippen molar-refractivity contribution in [2.45, 2.75) is 289 Å². The van der Waals surface area contributed by atoms with E-state index in [-0.39, 0.29) is 12.5 Å².